The maximum absolute atomic E-state index is 5.33. The van der Waals surface area contributed by atoms with Crippen molar-refractivity contribution in [1.29, 1.82) is 0 Å². The summed E-state index contributed by atoms with van der Waals surface area (Å²) < 4.78 is 0. The minimum atomic E-state index is 0.413. The normalized spacial score (nSPS) is 24.9. The van der Waals surface area contributed by atoms with Crippen LogP contribution in [-0.4, -0.2) is 16.4 Å². The molecule has 3 heteroatoms. The van der Waals surface area contributed by atoms with E-state index >= 15 is 0 Å². The van der Waals surface area contributed by atoms with Gasteiger partial charge in [0, 0.05) is 21.8 Å². The zero-order valence-corrected chi connectivity index (χ0v) is 12.8. The van der Waals surface area contributed by atoms with Gasteiger partial charge in [0.15, 0.2) is 0 Å². The first-order valence-corrected chi connectivity index (χ1v) is 8.79. The van der Waals surface area contributed by atoms with Crippen molar-refractivity contribution in [2.45, 2.75) is 40.0 Å². The van der Waals surface area contributed by atoms with Crippen molar-refractivity contribution < 1.29 is 0 Å². The fourth-order valence-corrected chi connectivity index (χ4v) is 6.41. The lowest BCUT2D eigenvalue weighted by Gasteiger charge is -2.35. The fraction of sp³-hybridized carbons (Fsp3) is 0.769. The van der Waals surface area contributed by atoms with Crippen LogP contribution in [-0.2, 0) is 0 Å². The van der Waals surface area contributed by atoms with Gasteiger partial charge in [-0.15, -0.1) is 0 Å². The molecule has 2 aliphatic rings. The molecule has 0 saturated carbocycles. The molecule has 90 valence electrons. The Morgan fingerprint density at radius 1 is 1.25 bits per heavy atom. The molecule has 1 aliphatic carbocycles. The van der Waals surface area contributed by atoms with Crippen LogP contribution in [0.1, 0.15) is 40.0 Å². The van der Waals surface area contributed by atoms with Crippen LogP contribution in [0.4, 0.5) is 0 Å². The van der Waals surface area contributed by atoms with Crippen molar-refractivity contribution in [2.24, 2.45) is 10.8 Å². The van der Waals surface area contributed by atoms with Crippen molar-refractivity contribution in [1.82, 2.24) is 0 Å². The maximum atomic E-state index is 5.33. The minimum Gasteiger partial charge on any atom is -0.0932 e. The molecule has 0 radical (unpaired) electrons. The summed E-state index contributed by atoms with van der Waals surface area (Å²) in [4.78, 5) is 1.17. The van der Waals surface area contributed by atoms with Gasteiger partial charge in [-0.3, -0.25) is 0 Å². The Morgan fingerprint density at radius 2 is 1.88 bits per heavy atom. The highest BCUT2D eigenvalue weighted by Gasteiger charge is 2.42. The van der Waals surface area contributed by atoms with Gasteiger partial charge in [0.1, 0.15) is 0 Å². The van der Waals surface area contributed by atoms with Gasteiger partial charge in [0.25, 0.3) is 0 Å². The molecule has 0 bridgehead atoms. The Bertz CT molecular complexity index is 317. The number of thiocarbonyl (C=S) groups is 1. The van der Waals surface area contributed by atoms with Crippen LogP contribution in [0.5, 0.6) is 0 Å². The number of allylic oxidation sites excluding steroid dienone is 2. The first-order chi connectivity index (χ1) is 7.41. The van der Waals surface area contributed by atoms with Crippen molar-refractivity contribution >= 4 is 38.7 Å². The standard InChI is InChI=1S/C13H20S3/c1-12(2,3)7-13(8-15-16-9-13)10-4-5-11(14)6-10/h6H,4-5,7-9H2,1-3H3. The lowest BCUT2D eigenvalue weighted by atomic mass is 9.71. The first-order valence-electron chi connectivity index (χ1n) is 5.90. The molecule has 0 nitrogen and oxygen atoms in total. The molecule has 0 amide bonds. The SMILES string of the molecule is CC(C)(C)CC1(C2=CC(=S)CC2)CSSC1. The lowest BCUT2D eigenvalue weighted by molar-refractivity contribution is 0.257. The quantitative estimate of drug-likeness (QED) is 0.518. The topological polar surface area (TPSA) is 0 Å². The third-order valence-corrected chi connectivity index (χ3v) is 6.32. The minimum absolute atomic E-state index is 0.413. The van der Waals surface area contributed by atoms with E-state index in [0.717, 1.165) is 6.42 Å². The van der Waals surface area contributed by atoms with Gasteiger partial charge >= 0.3 is 0 Å². The Labute approximate surface area is 112 Å². The Morgan fingerprint density at radius 3 is 2.31 bits per heavy atom. The molecule has 0 unspecified atom stereocenters. The molecular formula is C13H20S3. The summed E-state index contributed by atoms with van der Waals surface area (Å²) in [5, 5.41) is 0. The van der Waals surface area contributed by atoms with Crippen LogP contribution in [0.3, 0.4) is 0 Å². The predicted octanol–water partition coefficient (Wildman–Crippen LogP) is 4.89. The van der Waals surface area contributed by atoms with Crippen LogP contribution >= 0.6 is 33.8 Å². The molecular weight excluding hydrogens is 252 g/mol. The molecule has 2 rings (SSSR count). The molecule has 0 N–H and O–H groups in total. The second kappa shape index (κ2) is 4.66. The number of hydrogen-bond acceptors (Lipinski definition) is 3. The van der Waals surface area contributed by atoms with Gasteiger partial charge in [-0.25, -0.2) is 0 Å². The van der Waals surface area contributed by atoms with E-state index in [2.05, 4.69) is 26.8 Å². The van der Waals surface area contributed by atoms with E-state index in [1.54, 1.807) is 5.57 Å². The molecule has 0 aromatic heterocycles. The molecule has 0 spiro atoms. The van der Waals surface area contributed by atoms with Gasteiger partial charge in [-0.2, -0.15) is 0 Å². The summed E-state index contributed by atoms with van der Waals surface area (Å²) in [6, 6.07) is 0. The van der Waals surface area contributed by atoms with E-state index in [9.17, 15) is 0 Å². The second-order valence-electron chi connectivity index (χ2n) is 6.18. The van der Waals surface area contributed by atoms with Gasteiger partial charge in [0.05, 0.1) is 0 Å². The van der Waals surface area contributed by atoms with E-state index < -0.39 is 0 Å². The molecule has 1 heterocycles. The van der Waals surface area contributed by atoms with E-state index in [4.69, 9.17) is 12.2 Å². The Hall–Kier alpha value is 0.530. The largest absolute Gasteiger partial charge is 0.0932 e. The molecule has 0 aromatic carbocycles. The van der Waals surface area contributed by atoms with Gasteiger partial charge in [0.2, 0.25) is 0 Å². The van der Waals surface area contributed by atoms with Crippen LogP contribution in [0.15, 0.2) is 11.6 Å². The molecule has 0 atom stereocenters. The summed E-state index contributed by atoms with van der Waals surface area (Å²) in [6.07, 6.45) is 5.95. The van der Waals surface area contributed by atoms with Crippen LogP contribution in [0.25, 0.3) is 0 Å². The third-order valence-electron chi connectivity index (χ3n) is 3.28. The summed E-state index contributed by atoms with van der Waals surface area (Å²) in [7, 11) is 4.08. The van der Waals surface area contributed by atoms with Gasteiger partial charge < -0.3 is 0 Å². The smallest absolute Gasteiger partial charge is 0.0155 e. The molecule has 1 fully saturated rings. The average molecular weight is 273 g/mol. The number of rotatable bonds is 2. The lowest BCUT2D eigenvalue weighted by Crippen LogP contribution is -2.30. The van der Waals surface area contributed by atoms with Crippen molar-refractivity contribution in [3.63, 3.8) is 0 Å². The highest BCUT2D eigenvalue weighted by atomic mass is 33.1. The van der Waals surface area contributed by atoms with E-state index in [0.29, 0.717) is 10.8 Å². The number of hydrogen-bond donors (Lipinski definition) is 0. The third kappa shape index (κ3) is 2.85. The molecule has 0 aromatic rings. The molecule has 1 aliphatic heterocycles. The van der Waals surface area contributed by atoms with Crippen molar-refractivity contribution in [2.75, 3.05) is 11.5 Å². The summed E-state index contributed by atoms with van der Waals surface area (Å²) in [5.74, 6) is 2.56. The van der Waals surface area contributed by atoms with E-state index in [1.165, 1.54) is 29.2 Å². The maximum Gasteiger partial charge on any atom is 0.0155 e. The Balaban J connectivity index is 2.22. The van der Waals surface area contributed by atoms with Gasteiger partial charge in [-0.1, -0.05) is 60.1 Å². The highest BCUT2D eigenvalue weighted by Crippen LogP contribution is 2.54. The molecule has 1 saturated heterocycles. The monoisotopic (exact) mass is 272 g/mol. The van der Waals surface area contributed by atoms with Crippen molar-refractivity contribution in [3.8, 4) is 0 Å². The Kier molecular flexibility index (Phi) is 3.78. The summed E-state index contributed by atoms with van der Waals surface area (Å²) >= 11 is 5.33. The average Bonchev–Trinajstić information content (AvgIpc) is 2.72. The first kappa shape index (κ1) is 13.0. The fourth-order valence-electron chi connectivity index (χ4n) is 2.78. The van der Waals surface area contributed by atoms with Gasteiger partial charge in [-0.05, 0) is 30.8 Å². The summed E-state index contributed by atoms with van der Waals surface area (Å²) in [5.41, 5.74) is 2.50. The van der Waals surface area contributed by atoms with E-state index in [-0.39, 0.29) is 0 Å². The summed E-state index contributed by atoms with van der Waals surface area (Å²) in [6.45, 7) is 7.07. The highest BCUT2D eigenvalue weighted by molar-refractivity contribution is 8.77. The van der Waals surface area contributed by atoms with Crippen molar-refractivity contribution in [3.05, 3.63) is 11.6 Å². The zero-order chi connectivity index (χ0) is 11.8. The van der Waals surface area contributed by atoms with Crippen LogP contribution in [0, 0.1) is 10.8 Å². The van der Waals surface area contributed by atoms with Crippen LogP contribution in [0.2, 0.25) is 0 Å². The van der Waals surface area contributed by atoms with Crippen LogP contribution < -0.4 is 0 Å². The second-order valence-corrected chi connectivity index (χ2v) is 9.17. The van der Waals surface area contributed by atoms with E-state index in [1.807, 2.05) is 21.6 Å². The zero-order valence-electron chi connectivity index (χ0n) is 10.3. The predicted molar refractivity (Wildman–Crippen MR) is 81.3 cm³/mol. The molecule has 16 heavy (non-hydrogen) atoms.